The minimum atomic E-state index is -0.124. The van der Waals surface area contributed by atoms with E-state index in [-0.39, 0.29) is 12.1 Å². The molecule has 1 heterocycles. The SMILES string of the molecule is CC1CCCC(C)N1CC(C)(CO)NC1CC1. The van der Waals surface area contributed by atoms with Gasteiger partial charge in [0.2, 0.25) is 0 Å². The van der Waals surface area contributed by atoms with Crippen molar-refractivity contribution in [3.05, 3.63) is 0 Å². The topological polar surface area (TPSA) is 35.5 Å². The van der Waals surface area contributed by atoms with Crippen molar-refractivity contribution in [3.8, 4) is 0 Å². The van der Waals surface area contributed by atoms with Crippen LogP contribution in [0.3, 0.4) is 0 Å². The first-order valence-electron chi connectivity index (χ1n) is 7.18. The minimum Gasteiger partial charge on any atom is -0.394 e. The smallest absolute Gasteiger partial charge is 0.0623 e. The normalized spacial score (nSPS) is 34.6. The van der Waals surface area contributed by atoms with Crippen LogP contribution in [0.5, 0.6) is 0 Å². The summed E-state index contributed by atoms with van der Waals surface area (Å²) in [5.74, 6) is 0. The molecule has 0 radical (unpaired) electrons. The van der Waals surface area contributed by atoms with Gasteiger partial charge in [-0.1, -0.05) is 6.42 Å². The van der Waals surface area contributed by atoms with E-state index in [1.165, 1.54) is 32.1 Å². The van der Waals surface area contributed by atoms with Gasteiger partial charge in [-0.25, -0.2) is 0 Å². The Balaban J connectivity index is 1.95. The van der Waals surface area contributed by atoms with Crippen molar-refractivity contribution in [3.63, 3.8) is 0 Å². The molecule has 2 N–H and O–H groups in total. The lowest BCUT2D eigenvalue weighted by atomic mass is 9.93. The summed E-state index contributed by atoms with van der Waals surface area (Å²) < 4.78 is 0. The van der Waals surface area contributed by atoms with E-state index < -0.39 is 0 Å². The lowest BCUT2D eigenvalue weighted by Crippen LogP contribution is -2.59. The van der Waals surface area contributed by atoms with Crippen molar-refractivity contribution >= 4 is 0 Å². The average Bonchev–Trinajstić information content (AvgIpc) is 3.08. The van der Waals surface area contributed by atoms with E-state index in [4.69, 9.17) is 0 Å². The summed E-state index contributed by atoms with van der Waals surface area (Å²) >= 11 is 0. The Hall–Kier alpha value is -0.120. The quantitative estimate of drug-likeness (QED) is 0.768. The van der Waals surface area contributed by atoms with Crippen molar-refractivity contribution in [1.29, 1.82) is 0 Å². The highest BCUT2D eigenvalue weighted by Crippen LogP contribution is 2.27. The van der Waals surface area contributed by atoms with Gasteiger partial charge in [-0.05, 0) is 46.5 Å². The molecule has 0 amide bonds. The Kier molecular flexibility index (Phi) is 4.11. The van der Waals surface area contributed by atoms with Crippen molar-refractivity contribution in [1.82, 2.24) is 10.2 Å². The number of likely N-dealkylation sites (tertiary alicyclic amines) is 1. The summed E-state index contributed by atoms with van der Waals surface area (Å²) in [5, 5.41) is 13.3. The van der Waals surface area contributed by atoms with Crippen molar-refractivity contribution in [2.45, 2.75) is 76.5 Å². The zero-order valence-electron chi connectivity index (χ0n) is 11.6. The van der Waals surface area contributed by atoms with E-state index in [0.717, 1.165) is 6.54 Å². The lowest BCUT2D eigenvalue weighted by Gasteiger charge is -2.44. The highest BCUT2D eigenvalue weighted by Gasteiger charge is 2.36. The maximum absolute atomic E-state index is 9.68. The third kappa shape index (κ3) is 3.43. The third-order valence-electron chi connectivity index (χ3n) is 4.39. The van der Waals surface area contributed by atoms with Crippen LogP contribution < -0.4 is 5.32 Å². The van der Waals surface area contributed by atoms with Crippen molar-refractivity contribution in [2.75, 3.05) is 13.2 Å². The van der Waals surface area contributed by atoms with Crippen LogP contribution in [0, 0.1) is 0 Å². The van der Waals surface area contributed by atoms with Gasteiger partial charge in [-0.2, -0.15) is 0 Å². The van der Waals surface area contributed by atoms with Crippen LogP contribution in [-0.4, -0.2) is 46.8 Å². The number of nitrogens with zero attached hydrogens (tertiary/aromatic N) is 1. The van der Waals surface area contributed by atoms with Crippen molar-refractivity contribution in [2.24, 2.45) is 0 Å². The molecule has 17 heavy (non-hydrogen) atoms. The Morgan fingerprint density at radius 1 is 1.18 bits per heavy atom. The Morgan fingerprint density at radius 2 is 1.76 bits per heavy atom. The zero-order valence-corrected chi connectivity index (χ0v) is 11.6. The molecule has 1 aliphatic heterocycles. The Morgan fingerprint density at radius 3 is 2.24 bits per heavy atom. The summed E-state index contributed by atoms with van der Waals surface area (Å²) in [5.41, 5.74) is -0.124. The van der Waals surface area contributed by atoms with Crippen LogP contribution in [0.15, 0.2) is 0 Å². The van der Waals surface area contributed by atoms with E-state index in [1.54, 1.807) is 0 Å². The molecule has 2 rings (SSSR count). The van der Waals surface area contributed by atoms with Gasteiger partial charge in [-0.15, -0.1) is 0 Å². The number of piperidine rings is 1. The second-order valence-electron chi connectivity index (χ2n) is 6.44. The maximum Gasteiger partial charge on any atom is 0.0623 e. The van der Waals surface area contributed by atoms with E-state index in [9.17, 15) is 5.11 Å². The number of aliphatic hydroxyl groups excluding tert-OH is 1. The molecule has 1 saturated heterocycles. The number of aliphatic hydroxyl groups is 1. The van der Waals surface area contributed by atoms with E-state index in [2.05, 4.69) is 31.0 Å². The number of rotatable bonds is 5. The van der Waals surface area contributed by atoms with E-state index >= 15 is 0 Å². The summed E-state index contributed by atoms with van der Waals surface area (Å²) in [6.45, 7) is 8.02. The molecule has 0 aromatic heterocycles. The van der Waals surface area contributed by atoms with Gasteiger partial charge in [0.1, 0.15) is 0 Å². The van der Waals surface area contributed by atoms with Gasteiger partial charge in [0, 0.05) is 24.7 Å². The number of hydrogen-bond donors (Lipinski definition) is 2. The van der Waals surface area contributed by atoms with Crippen LogP contribution in [0.25, 0.3) is 0 Å². The fourth-order valence-electron chi connectivity index (χ4n) is 3.05. The second kappa shape index (κ2) is 5.25. The first-order chi connectivity index (χ1) is 8.04. The maximum atomic E-state index is 9.68. The molecule has 0 aromatic carbocycles. The number of nitrogens with one attached hydrogen (secondary N) is 1. The predicted molar refractivity (Wildman–Crippen MR) is 71.1 cm³/mol. The van der Waals surface area contributed by atoms with Gasteiger partial charge >= 0.3 is 0 Å². The highest BCUT2D eigenvalue weighted by molar-refractivity contribution is 4.96. The molecule has 3 heteroatoms. The molecule has 100 valence electrons. The molecule has 3 atom stereocenters. The summed E-state index contributed by atoms with van der Waals surface area (Å²) in [7, 11) is 0. The van der Waals surface area contributed by atoms with Crippen molar-refractivity contribution < 1.29 is 5.11 Å². The summed E-state index contributed by atoms with van der Waals surface area (Å²) in [4.78, 5) is 2.58. The zero-order chi connectivity index (χ0) is 12.5. The molecule has 0 spiro atoms. The fraction of sp³-hybridized carbons (Fsp3) is 1.00. The third-order valence-corrected chi connectivity index (χ3v) is 4.39. The fourth-order valence-corrected chi connectivity index (χ4v) is 3.05. The van der Waals surface area contributed by atoms with Crippen LogP contribution >= 0.6 is 0 Å². The molecule has 0 bridgehead atoms. The molecular formula is C14H28N2O. The summed E-state index contributed by atoms with van der Waals surface area (Å²) in [6, 6.07) is 1.97. The molecule has 3 nitrogen and oxygen atoms in total. The first kappa shape index (κ1) is 13.3. The van der Waals surface area contributed by atoms with Gasteiger partial charge < -0.3 is 10.4 Å². The molecule has 1 aliphatic carbocycles. The molecule has 1 saturated carbocycles. The number of hydrogen-bond acceptors (Lipinski definition) is 3. The Bertz CT molecular complexity index is 245. The largest absolute Gasteiger partial charge is 0.394 e. The van der Waals surface area contributed by atoms with Crippen LogP contribution in [0.1, 0.15) is 52.9 Å². The van der Waals surface area contributed by atoms with E-state index in [0.29, 0.717) is 18.1 Å². The van der Waals surface area contributed by atoms with Crippen LogP contribution in [-0.2, 0) is 0 Å². The Labute approximate surface area is 106 Å². The van der Waals surface area contributed by atoms with Crippen LogP contribution in [0.2, 0.25) is 0 Å². The van der Waals surface area contributed by atoms with Gasteiger partial charge in [-0.3, -0.25) is 4.90 Å². The molecule has 0 aromatic rings. The summed E-state index contributed by atoms with van der Waals surface area (Å²) in [6.07, 6.45) is 6.51. The van der Waals surface area contributed by atoms with Gasteiger partial charge in [0.25, 0.3) is 0 Å². The predicted octanol–water partition coefficient (Wildman–Crippen LogP) is 1.75. The molecule has 2 aliphatic rings. The highest BCUT2D eigenvalue weighted by atomic mass is 16.3. The van der Waals surface area contributed by atoms with E-state index in [1.807, 2.05) is 0 Å². The molecular weight excluding hydrogens is 212 g/mol. The molecule has 3 unspecified atom stereocenters. The minimum absolute atomic E-state index is 0.124. The standard InChI is InChI=1S/C14H28N2O/c1-11-5-4-6-12(2)16(11)9-14(3,10-17)15-13-7-8-13/h11-13,15,17H,4-10H2,1-3H3. The van der Waals surface area contributed by atoms with Crippen LogP contribution in [0.4, 0.5) is 0 Å². The average molecular weight is 240 g/mol. The lowest BCUT2D eigenvalue weighted by molar-refractivity contribution is 0.0467. The second-order valence-corrected chi connectivity index (χ2v) is 6.44. The first-order valence-corrected chi connectivity index (χ1v) is 7.18. The van der Waals surface area contributed by atoms with Gasteiger partial charge in [0.05, 0.1) is 12.1 Å². The van der Waals surface area contributed by atoms with Gasteiger partial charge in [0.15, 0.2) is 0 Å². The monoisotopic (exact) mass is 240 g/mol. The molecule has 2 fully saturated rings.